The Morgan fingerprint density at radius 2 is 1.73 bits per heavy atom. The fourth-order valence-corrected chi connectivity index (χ4v) is 3.10. The van der Waals surface area contributed by atoms with Gasteiger partial charge in [-0.1, -0.05) is 29.3 Å². The molecule has 22 heavy (non-hydrogen) atoms. The van der Waals surface area contributed by atoms with Crippen LogP contribution in [0.3, 0.4) is 0 Å². The zero-order valence-electron chi connectivity index (χ0n) is 12.1. The van der Waals surface area contributed by atoms with Crippen LogP contribution < -0.4 is 10.0 Å². The molecule has 5 nitrogen and oxygen atoms in total. The van der Waals surface area contributed by atoms with E-state index in [4.69, 9.17) is 11.6 Å². The summed E-state index contributed by atoms with van der Waals surface area (Å²) < 4.78 is 27.2. The van der Waals surface area contributed by atoms with E-state index in [1.54, 1.807) is 12.1 Å². The number of rotatable bonds is 4. The molecule has 7 heteroatoms. The predicted molar refractivity (Wildman–Crippen MR) is 86.8 cm³/mol. The third-order valence-corrected chi connectivity index (χ3v) is 4.65. The fourth-order valence-electron chi connectivity index (χ4n) is 1.85. The lowest BCUT2D eigenvalue weighted by Gasteiger charge is -2.12. The molecule has 116 valence electrons. The largest absolute Gasteiger partial charge is 0.355 e. The molecule has 1 amide bonds. The van der Waals surface area contributed by atoms with Gasteiger partial charge in [0.1, 0.15) is 0 Å². The van der Waals surface area contributed by atoms with Gasteiger partial charge in [-0.05, 0) is 37.3 Å². The zero-order valence-corrected chi connectivity index (χ0v) is 13.6. The van der Waals surface area contributed by atoms with Gasteiger partial charge in [-0.3, -0.25) is 9.52 Å². The Kier molecular flexibility index (Phi) is 4.73. The van der Waals surface area contributed by atoms with Crippen LogP contribution >= 0.6 is 11.6 Å². The molecular formula is C15H15ClN2O3S. The Morgan fingerprint density at radius 1 is 1.09 bits per heavy atom. The summed E-state index contributed by atoms with van der Waals surface area (Å²) in [6.07, 6.45) is 0. The van der Waals surface area contributed by atoms with Gasteiger partial charge in [0.15, 0.2) is 0 Å². The van der Waals surface area contributed by atoms with Crippen LogP contribution in [-0.4, -0.2) is 21.4 Å². The smallest absolute Gasteiger partial charge is 0.261 e. The van der Waals surface area contributed by atoms with Crippen LogP contribution in [0.5, 0.6) is 0 Å². The van der Waals surface area contributed by atoms with Crippen LogP contribution in [0.4, 0.5) is 5.69 Å². The van der Waals surface area contributed by atoms with Crippen molar-refractivity contribution in [2.45, 2.75) is 11.8 Å². The number of carbonyl (C=O) groups is 1. The first-order valence-electron chi connectivity index (χ1n) is 6.44. The zero-order chi connectivity index (χ0) is 16.3. The SMILES string of the molecule is CNC(=O)c1cc(Cl)ccc1NS(=O)(=O)c1ccc(C)cc1. The quantitative estimate of drug-likeness (QED) is 0.900. The Balaban J connectivity index is 2.41. The van der Waals surface area contributed by atoms with Crippen molar-refractivity contribution in [1.29, 1.82) is 0 Å². The lowest BCUT2D eigenvalue weighted by Crippen LogP contribution is -2.21. The van der Waals surface area contributed by atoms with Crippen molar-refractivity contribution in [3.05, 3.63) is 58.6 Å². The highest BCUT2D eigenvalue weighted by Crippen LogP contribution is 2.23. The van der Waals surface area contributed by atoms with Crippen molar-refractivity contribution < 1.29 is 13.2 Å². The highest BCUT2D eigenvalue weighted by molar-refractivity contribution is 7.92. The maximum atomic E-state index is 12.4. The number of hydrogen-bond donors (Lipinski definition) is 2. The number of sulfonamides is 1. The van der Waals surface area contributed by atoms with Crippen molar-refractivity contribution in [2.75, 3.05) is 11.8 Å². The normalized spacial score (nSPS) is 11.0. The van der Waals surface area contributed by atoms with Gasteiger partial charge in [0.05, 0.1) is 16.1 Å². The molecule has 0 unspecified atom stereocenters. The summed E-state index contributed by atoms with van der Waals surface area (Å²) in [7, 11) is -2.32. The van der Waals surface area contributed by atoms with Crippen LogP contribution in [0, 0.1) is 6.92 Å². The average Bonchev–Trinajstić information content (AvgIpc) is 2.48. The number of carbonyl (C=O) groups excluding carboxylic acids is 1. The number of aryl methyl sites for hydroxylation is 1. The van der Waals surface area contributed by atoms with Crippen molar-refractivity contribution in [2.24, 2.45) is 0 Å². The summed E-state index contributed by atoms with van der Waals surface area (Å²) in [6.45, 7) is 1.87. The van der Waals surface area contributed by atoms with Gasteiger partial charge in [0, 0.05) is 12.1 Å². The first-order valence-corrected chi connectivity index (χ1v) is 8.31. The number of nitrogens with one attached hydrogen (secondary N) is 2. The van der Waals surface area contributed by atoms with Crippen molar-refractivity contribution >= 4 is 33.2 Å². The van der Waals surface area contributed by atoms with Crippen LogP contribution in [0.2, 0.25) is 5.02 Å². The molecule has 0 spiro atoms. The standard InChI is InChI=1S/C15H15ClN2O3S/c1-10-3-6-12(7-4-10)22(20,21)18-14-8-5-11(16)9-13(14)15(19)17-2/h3-9,18H,1-2H3,(H,17,19). The molecule has 0 aliphatic heterocycles. The van der Waals surface area contributed by atoms with E-state index in [2.05, 4.69) is 10.0 Å². The summed E-state index contributed by atoms with van der Waals surface area (Å²) in [5.41, 5.74) is 1.28. The lowest BCUT2D eigenvalue weighted by molar-refractivity contribution is 0.0964. The van der Waals surface area contributed by atoms with Crippen LogP contribution in [0.25, 0.3) is 0 Å². The van der Waals surface area contributed by atoms with Gasteiger partial charge in [-0.2, -0.15) is 0 Å². The monoisotopic (exact) mass is 338 g/mol. The summed E-state index contributed by atoms with van der Waals surface area (Å²) in [5.74, 6) is -0.427. The minimum Gasteiger partial charge on any atom is -0.355 e. The van der Waals surface area contributed by atoms with E-state index in [1.807, 2.05) is 6.92 Å². The van der Waals surface area contributed by atoms with Crippen molar-refractivity contribution in [3.8, 4) is 0 Å². The molecule has 0 aliphatic rings. The van der Waals surface area contributed by atoms with E-state index >= 15 is 0 Å². The Morgan fingerprint density at radius 3 is 2.32 bits per heavy atom. The highest BCUT2D eigenvalue weighted by atomic mass is 35.5. The van der Waals surface area contributed by atoms with Gasteiger partial charge < -0.3 is 5.32 Å². The van der Waals surface area contributed by atoms with Gasteiger partial charge >= 0.3 is 0 Å². The molecular weight excluding hydrogens is 324 g/mol. The second-order valence-electron chi connectivity index (χ2n) is 4.69. The molecule has 0 bridgehead atoms. The highest BCUT2D eigenvalue weighted by Gasteiger charge is 2.18. The maximum absolute atomic E-state index is 12.4. The molecule has 0 heterocycles. The summed E-state index contributed by atoms with van der Waals surface area (Å²) in [4.78, 5) is 12.0. The summed E-state index contributed by atoms with van der Waals surface area (Å²) in [5, 5.41) is 2.79. The first-order chi connectivity index (χ1) is 10.3. The predicted octanol–water partition coefficient (Wildman–Crippen LogP) is 2.81. The molecule has 0 fully saturated rings. The van der Waals surface area contributed by atoms with E-state index in [-0.39, 0.29) is 16.1 Å². The van der Waals surface area contributed by atoms with E-state index in [9.17, 15) is 13.2 Å². The lowest BCUT2D eigenvalue weighted by atomic mass is 10.2. The molecule has 0 saturated carbocycles. The molecule has 2 aromatic rings. The number of halogens is 1. The van der Waals surface area contributed by atoms with Crippen LogP contribution in [0.15, 0.2) is 47.4 Å². The third kappa shape index (κ3) is 3.58. The summed E-state index contributed by atoms with van der Waals surface area (Å²) >= 11 is 5.87. The van der Waals surface area contributed by atoms with Crippen LogP contribution in [-0.2, 0) is 10.0 Å². The second kappa shape index (κ2) is 6.37. The fraction of sp³-hybridized carbons (Fsp3) is 0.133. The molecule has 2 N–H and O–H groups in total. The maximum Gasteiger partial charge on any atom is 0.261 e. The van der Waals surface area contributed by atoms with Crippen LogP contribution in [0.1, 0.15) is 15.9 Å². The molecule has 2 rings (SSSR count). The van der Waals surface area contributed by atoms with Crippen molar-refractivity contribution in [1.82, 2.24) is 5.32 Å². The van der Waals surface area contributed by atoms with Gasteiger partial charge in [0.25, 0.3) is 15.9 Å². The second-order valence-corrected chi connectivity index (χ2v) is 6.81. The Bertz CT molecular complexity index is 802. The molecule has 0 saturated heterocycles. The molecule has 0 aromatic heterocycles. The van der Waals surface area contributed by atoms with Gasteiger partial charge in [-0.25, -0.2) is 8.42 Å². The number of amides is 1. The number of benzene rings is 2. The Labute approximate surface area is 134 Å². The van der Waals surface area contributed by atoms with Gasteiger partial charge in [0.2, 0.25) is 0 Å². The van der Waals surface area contributed by atoms with E-state index in [0.717, 1.165) is 5.56 Å². The van der Waals surface area contributed by atoms with Gasteiger partial charge in [-0.15, -0.1) is 0 Å². The topological polar surface area (TPSA) is 75.3 Å². The number of anilines is 1. The molecule has 0 atom stereocenters. The molecule has 0 radical (unpaired) electrons. The third-order valence-electron chi connectivity index (χ3n) is 3.03. The molecule has 0 aliphatic carbocycles. The minimum absolute atomic E-state index is 0.121. The van der Waals surface area contributed by atoms with Crippen molar-refractivity contribution in [3.63, 3.8) is 0 Å². The number of hydrogen-bond acceptors (Lipinski definition) is 3. The average molecular weight is 339 g/mol. The van der Waals surface area contributed by atoms with E-state index < -0.39 is 15.9 Å². The van der Waals surface area contributed by atoms with E-state index in [0.29, 0.717) is 5.02 Å². The summed E-state index contributed by atoms with van der Waals surface area (Å²) in [6, 6.07) is 10.8. The van der Waals surface area contributed by atoms with E-state index in [1.165, 1.54) is 37.4 Å². The Hall–Kier alpha value is -2.05. The first kappa shape index (κ1) is 16.3. The minimum atomic E-state index is -3.78. The molecule has 2 aromatic carbocycles.